The molecular weight excluding hydrogens is 258 g/mol. The van der Waals surface area contributed by atoms with Crippen LogP contribution in [0.4, 0.5) is 4.79 Å². The zero-order valence-electron chi connectivity index (χ0n) is 9.38. The quantitative estimate of drug-likeness (QED) is 0.788. The average Bonchev–Trinajstić information content (AvgIpc) is 2.26. The van der Waals surface area contributed by atoms with E-state index in [9.17, 15) is 18.0 Å². The second kappa shape index (κ2) is 4.41. The number of carbonyl (C=O) groups excluding carboxylic acids is 2. The molecule has 0 bridgehead atoms. The summed E-state index contributed by atoms with van der Waals surface area (Å²) >= 11 is 0. The van der Waals surface area contributed by atoms with Gasteiger partial charge in [-0.2, -0.15) is 8.42 Å². The molecule has 18 heavy (non-hydrogen) atoms. The summed E-state index contributed by atoms with van der Waals surface area (Å²) in [5.41, 5.74) is 6.27. The van der Waals surface area contributed by atoms with E-state index < -0.39 is 16.2 Å². The lowest BCUT2D eigenvalue weighted by atomic mass is 9.91. The minimum absolute atomic E-state index is 0.0628. The van der Waals surface area contributed by atoms with Crippen LogP contribution in [-0.4, -0.2) is 20.3 Å². The lowest BCUT2D eigenvalue weighted by molar-refractivity contribution is -0.118. The van der Waals surface area contributed by atoms with Crippen LogP contribution in [0, 0.1) is 0 Å². The SMILES string of the molecule is NC(=O)OS(=O)(=O)c1ccc2c(c1)CC(=O)CC2. The van der Waals surface area contributed by atoms with Gasteiger partial charge >= 0.3 is 16.2 Å². The average molecular weight is 269 g/mol. The van der Waals surface area contributed by atoms with E-state index in [1.165, 1.54) is 12.1 Å². The van der Waals surface area contributed by atoms with E-state index in [0.717, 1.165) is 5.56 Å². The van der Waals surface area contributed by atoms with Crippen molar-refractivity contribution >= 4 is 22.0 Å². The van der Waals surface area contributed by atoms with Gasteiger partial charge in [-0.25, -0.2) is 4.79 Å². The highest BCUT2D eigenvalue weighted by Crippen LogP contribution is 2.23. The summed E-state index contributed by atoms with van der Waals surface area (Å²) in [6.45, 7) is 0. The molecule has 2 N–H and O–H groups in total. The number of amides is 1. The number of nitrogens with two attached hydrogens (primary N) is 1. The monoisotopic (exact) mass is 269 g/mol. The van der Waals surface area contributed by atoms with Crippen molar-refractivity contribution in [1.82, 2.24) is 0 Å². The highest BCUT2D eigenvalue weighted by molar-refractivity contribution is 7.87. The van der Waals surface area contributed by atoms with E-state index >= 15 is 0 Å². The Kier molecular flexibility index (Phi) is 3.08. The van der Waals surface area contributed by atoms with Crippen molar-refractivity contribution in [2.24, 2.45) is 5.73 Å². The maximum Gasteiger partial charge on any atom is 0.420 e. The van der Waals surface area contributed by atoms with Crippen LogP contribution in [0.3, 0.4) is 0 Å². The first-order valence-electron chi connectivity index (χ1n) is 5.26. The van der Waals surface area contributed by atoms with E-state index in [0.29, 0.717) is 18.4 Å². The van der Waals surface area contributed by atoms with Crippen molar-refractivity contribution in [3.8, 4) is 0 Å². The Hall–Kier alpha value is -1.89. The molecular formula is C11H11NO5S. The number of aryl methyl sites for hydroxylation is 1. The van der Waals surface area contributed by atoms with Gasteiger partial charge in [-0.15, -0.1) is 0 Å². The van der Waals surface area contributed by atoms with Crippen LogP contribution in [0.5, 0.6) is 0 Å². The van der Waals surface area contributed by atoms with Crippen molar-refractivity contribution in [2.75, 3.05) is 0 Å². The summed E-state index contributed by atoms with van der Waals surface area (Å²) in [6, 6.07) is 4.32. The number of primary amides is 1. The molecule has 0 saturated heterocycles. The first-order valence-corrected chi connectivity index (χ1v) is 6.67. The third-order valence-corrected chi connectivity index (χ3v) is 3.93. The highest BCUT2D eigenvalue weighted by Gasteiger charge is 2.22. The van der Waals surface area contributed by atoms with E-state index in [2.05, 4.69) is 9.92 Å². The lowest BCUT2D eigenvalue weighted by Gasteiger charge is -2.15. The molecule has 1 aliphatic carbocycles. The van der Waals surface area contributed by atoms with Gasteiger partial charge in [0.15, 0.2) is 0 Å². The number of hydrogen-bond acceptors (Lipinski definition) is 5. The van der Waals surface area contributed by atoms with E-state index in [1.807, 2.05) is 0 Å². The van der Waals surface area contributed by atoms with Gasteiger partial charge < -0.3 is 9.92 Å². The number of carbonyl (C=O) groups is 2. The van der Waals surface area contributed by atoms with Crippen LogP contribution >= 0.6 is 0 Å². The number of hydrogen-bond donors (Lipinski definition) is 1. The highest BCUT2D eigenvalue weighted by atomic mass is 32.2. The molecule has 0 fully saturated rings. The summed E-state index contributed by atoms with van der Waals surface area (Å²) in [6.07, 6.45) is -0.110. The minimum Gasteiger partial charge on any atom is -0.334 e. The van der Waals surface area contributed by atoms with Gasteiger partial charge in [-0.1, -0.05) is 6.07 Å². The Morgan fingerprint density at radius 3 is 2.61 bits per heavy atom. The molecule has 1 aromatic carbocycles. The second-order valence-corrected chi connectivity index (χ2v) is 5.55. The first kappa shape index (κ1) is 12.6. The van der Waals surface area contributed by atoms with Crippen molar-refractivity contribution in [2.45, 2.75) is 24.2 Å². The van der Waals surface area contributed by atoms with Crippen molar-refractivity contribution in [1.29, 1.82) is 0 Å². The predicted molar refractivity (Wildman–Crippen MR) is 61.3 cm³/mol. The van der Waals surface area contributed by atoms with Crippen molar-refractivity contribution < 1.29 is 22.2 Å². The summed E-state index contributed by atoms with van der Waals surface area (Å²) in [5, 5.41) is 0. The summed E-state index contributed by atoms with van der Waals surface area (Å²) in [4.78, 5) is 21.6. The third kappa shape index (κ3) is 2.51. The lowest BCUT2D eigenvalue weighted by Crippen LogP contribution is -2.20. The fraction of sp³-hybridized carbons (Fsp3) is 0.273. The Morgan fingerprint density at radius 2 is 1.94 bits per heavy atom. The Morgan fingerprint density at radius 1 is 1.22 bits per heavy atom. The molecule has 0 aliphatic heterocycles. The van der Waals surface area contributed by atoms with Crippen molar-refractivity contribution in [3.05, 3.63) is 29.3 Å². The summed E-state index contributed by atoms with van der Waals surface area (Å²) in [7, 11) is -4.20. The zero-order valence-corrected chi connectivity index (χ0v) is 10.2. The molecule has 0 heterocycles. The van der Waals surface area contributed by atoms with Gasteiger partial charge in [-0.3, -0.25) is 4.79 Å². The molecule has 6 nitrogen and oxygen atoms in total. The minimum atomic E-state index is -4.20. The van der Waals surface area contributed by atoms with Crippen LogP contribution in [0.1, 0.15) is 17.5 Å². The van der Waals surface area contributed by atoms with Crippen LogP contribution in [0.15, 0.2) is 23.1 Å². The molecule has 2 rings (SSSR count). The van der Waals surface area contributed by atoms with E-state index in [-0.39, 0.29) is 17.1 Å². The van der Waals surface area contributed by atoms with E-state index in [1.54, 1.807) is 6.07 Å². The number of rotatable bonds is 2. The molecule has 1 aliphatic rings. The topological polar surface area (TPSA) is 104 Å². The standard InChI is InChI=1S/C11H11NO5S/c12-11(14)17-18(15,16)10-4-2-7-1-3-9(13)5-8(7)6-10/h2,4,6H,1,3,5H2,(H2,12,14). The smallest absolute Gasteiger partial charge is 0.334 e. The van der Waals surface area contributed by atoms with Gasteiger partial charge in [0.1, 0.15) is 10.7 Å². The van der Waals surface area contributed by atoms with Crippen LogP contribution in [-0.2, 0) is 31.9 Å². The zero-order chi connectivity index (χ0) is 13.3. The predicted octanol–water partition coefficient (Wildman–Crippen LogP) is 0.528. The molecule has 96 valence electrons. The van der Waals surface area contributed by atoms with Crippen LogP contribution in [0.25, 0.3) is 0 Å². The second-order valence-electron chi connectivity index (χ2n) is 4.00. The molecule has 0 aromatic heterocycles. The fourth-order valence-corrected chi connectivity index (χ4v) is 2.73. The van der Waals surface area contributed by atoms with Crippen LogP contribution in [0.2, 0.25) is 0 Å². The molecule has 7 heteroatoms. The molecule has 1 aromatic rings. The maximum atomic E-state index is 11.6. The Labute approximate surface area is 104 Å². The number of fused-ring (bicyclic) bond motifs is 1. The molecule has 0 spiro atoms. The third-order valence-electron chi connectivity index (χ3n) is 2.72. The first-order chi connectivity index (χ1) is 8.38. The molecule has 0 radical (unpaired) electrons. The fourth-order valence-electron chi connectivity index (χ4n) is 1.90. The van der Waals surface area contributed by atoms with E-state index in [4.69, 9.17) is 0 Å². The molecule has 0 atom stereocenters. The van der Waals surface area contributed by atoms with Gasteiger partial charge in [-0.05, 0) is 29.7 Å². The van der Waals surface area contributed by atoms with Crippen molar-refractivity contribution in [3.63, 3.8) is 0 Å². The molecule has 0 saturated carbocycles. The maximum absolute atomic E-state index is 11.6. The van der Waals surface area contributed by atoms with Gasteiger partial charge in [0.25, 0.3) is 0 Å². The van der Waals surface area contributed by atoms with Gasteiger partial charge in [0.2, 0.25) is 0 Å². The normalized spacial score (nSPS) is 15.0. The molecule has 1 amide bonds. The largest absolute Gasteiger partial charge is 0.420 e. The number of Topliss-reactive ketones (excluding diaryl/α,β-unsaturated/α-hetero) is 1. The summed E-state index contributed by atoms with van der Waals surface area (Å²) < 4.78 is 27.3. The van der Waals surface area contributed by atoms with Gasteiger partial charge in [0.05, 0.1) is 0 Å². The summed E-state index contributed by atoms with van der Waals surface area (Å²) in [5.74, 6) is 0.0628. The van der Waals surface area contributed by atoms with Gasteiger partial charge in [0, 0.05) is 12.8 Å². The Balaban J connectivity index is 2.40. The number of ketones is 1. The van der Waals surface area contributed by atoms with Crippen LogP contribution < -0.4 is 5.73 Å². The molecule has 0 unspecified atom stereocenters. The number of benzene rings is 1. The Bertz CT molecular complexity index is 620.